The molecule has 2 heterocycles. The molecule has 0 fully saturated rings. The molecule has 1 aromatic carbocycles. The highest BCUT2D eigenvalue weighted by Gasteiger charge is 2.25. The smallest absolute Gasteiger partial charge is 0.340 e. The van der Waals surface area contributed by atoms with E-state index in [-0.39, 0.29) is 36.2 Å². The largest absolute Gasteiger partial charge is 0.452 e. The van der Waals surface area contributed by atoms with Crippen LogP contribution in [0.4, 0.5) is 0 Å². The number of fused-ring (bicyclic) bond motifs is 1. The van der Waals surface area contributed by atoms with E-state index in [4.69, 9.17) is 4.74 Å². The number of sulfonamides is 1. The first-order chi connectivity index (χ1) is 13.2. The number of ether oxygens (including phenoxy) is 1. The van der Waals surface area contributed by atoms with Gasteiger partial charge in [0.05, 0.1) is 11.3 Å². The molecule has 0 aromatic heterocycles. The summed E-state index contributed by atoms with van der Waals surface area (Å²) in [5, 5.41) is 0. The predicted octanol–water partition coefficient (Wildman–Crippen LogP) is 1.45. The Kier molecular flexibility index (Phi) is 5.99. The molecule has 0 spiro atoms. The summed E-state index contributed by atoms with van der Waals surface area (Å²) >= 11 is 3.43. The highest BCUT2D eigenvalue weighted by atomic mass is 79.9. The van der Waals surface area contributed by atoms with E-state index >= 15 is 0 Å². The summed E-state index contributed by atoms with van der Waals surface area (Å²) in [5.74, 6) is -0.865. The zero-order valence-corrected chi connectivity index (χ0v) is 17.4. The molecule has 148 valence electrons. The third kappa shape index (κ3) is 4.87. The fourth-order valence-electron chi connectivity index (χ4n) is 2.61. The molecular weight excluding hydrogens is 450 g/mol. The normalized spacial score (nSPS) is 17.3. The van der Waals surface area contributed by atoms with Gasteiger partial charge in [0, 0.05) is 30.8 Å². The van der Waals surface area contributed by atoms with Gasteiger partial charge < -0.3 is 14.5 Å². The zero-order valence-electron chi connectivity index (χ0n) is 15.0. The topological polar surface area (TPSA) is 96.4 Å². The average Bonchev–Trinajstić information content (AvgIpc) is 2.66. The van der Waals surface area contributed by atoms with E-state index in [0.29, 0.717) is 6.54 Å². The lowest BCUT2D eigenvalue weighted by molar-refractivity contribution is -0.148. The Hall–Kier alpha value is -2.46. The molecule has 10 heteroatoms. The van der Waals surface area contributed by atoms with Crippen molar-refractivity contribution < 1.29 is 22.7 Å². The second-order valence-corrected chi connectivity index (χ2v) is 8.87. The van der Waals surface area contributed by atoms with E-state index in [9.17, 15) is 18.0 Å². The number of benzene rings is 1. The molecule has 0 radical (unpaired) electrons. The van der Waals surface area contributed by atoms with Crippen LogP contribution in [0.5, 0.6) is 0 Å². The average molecular weight is 468 g/mol. The Morgan fingerprint density at radius 1 is 1.29 bits per heavy atom. The van der Waals surface area contributed by atoms with Crippen LogP contribution in [0, 0.1) is 0 Å². The predicted molar refractivity (Wildman–Crippen MR) is 107 cm³/mol. The summed E-state index contributed by atoms with van der Waals surface area (Å²) in [6.45, 7) is 0.193. The summed E-state index contributed by atoms with van der Waals surface area (Å²) in [6.07, 6.45) is 4.34. The first-order valence-corrected chi connectivity index (χ1v) is 10.8. The summed E-state index contributed by atoms with van der Waals surface area (Å²) < 4.78 is 32.7. The van der Waals surface area contributed by atoms with E-state index < -0.39 is 16.0 Å². The maximum Gasteiger partial charge on any atom is 0.340 e. The van der Waals surface area contributed by atoms with E-state index in [1.807, 2.05) is 24.3 Å². The van der Waals surface area contributed by atoms with Gasteiger partial charge in [-0.2, -0.15) is 0 Å². The van der Waals surface area contributed by atoms with Gasteiger partial charge in [0.1, 0.15) is 5.84 Å². The number of likely N-dealkylation sites (N-methyl/N-ethyl adjacent to an activating group) is 1. The Morgan fingerprint density at radius 3 is 2.79 bits per heavy atom. The first-order valence-electron chi connectivity index (χ1n) is 8.39. The minimum absolute atomic E-state index is 0.124. The number of amidine groups is 1. The molecule has 28 heavy (non-hydrogen) atoms. The quantitative estimate of drug-likeness (QED) is 0.607. The number of esters is 1. The van der Waals surface area contributed by atoms with E-state index in [2.05, 4.69) is 20.3 Å². The highest BCUT2D eigenvalue weighted by molar-refractivity contribution is 9.10. The lowest BCUT2D eigenvalue weighted by Gasteiger charge is -2.26. The lowest BCUT2D eigenvalue weighted by Crippen LogP contribution is -2.37. The summed E-state index contributed by atoms with van der Waals surface area (Å²) in [7, 11) is -1.82. The Labute approximate surface area is 171 Å². The van der Waals surface area contributed by atoms with Gasteiger partial charge in [-0.15, -0.1) is 4.40 Å². The fourth-order valence-corrected chi connectivity index (χ4v) is 3.99. The number of carbonyl (C=O) groups excluding carboxylic acids is 2. The van der Waals surface area contributed by atoms with Gasteiger partial charge in [-0.05, 0) is 23.8 Å². The molecule has 0 atom stereocenters. The molecule has 0 unspecified atom stereocenters. The van der Waals surface area contributed by atoms with Crippen LogP contribution in [-0.2, 0) is 30.9 Å². The highest BCUT2D eigenvalue weighted by Crippen LogP contribution is 2.18. The van der Waals surface area contributed by atoms with Gasteiger partial charge in [0.25, 0.3) is 15.9 Å². The number of hydrogen-bond donors (Lipinski definition) is 0. The van der Waals surface area contributed by atoms with Crippen LogP contribution in [0.15, 0.2) is 57.1 Å². The SMILES string of the molecule is CN(Cc1ccccc1Br)C(=O)COC(=O)C1=CN2CCS(=O)(=O)N=C2C=C1. The molecule has 3 rings (SSSR count). The van der Waals surface area contributed by atoms with Crippen molar-refractivity contribution >= 4 is 43.7 Å². The Bertz CT molecular complexity index is 1000. The van der Waals surface area contributed by atoms with Crippen molar-refractivity contribution in [2.75, 3.05) is 26.0 Å². The molecule has 8 nitrogen and oxygen atoms in total. The lowest BCUT2D eigenvalue weighted by atomic mass is 10.2. The van der Waals surface area contributed by atoms with E-state index in [1.54, 1.807) is 11.9 Å². The maximum atomic E-state index is 12.2. The standard InChI is InChI=1S/C18H18BrN3O5S/c1-21(10-13-4-2-3-5-15(13)19)17(23)12-27-18(24)14-6-7-16-20-28(25,26)9-8-22(16)11-14/h2-7,11H,8-10,12H2,1H3. The van der Waals surface area contributed by atoms with Crippen molar-refractivity contribution in [1.29, 1.82) is 0 Å². The van der Waals surface area contributed by atoms with Gasteiger partial charge in [0.15, 0.2) is 6.61 Å². The molecule has 1 aromatic rings. The van der Waals surface area contributed by atoms with Crippen molar-refractivity contribution in [2.45, 2.75) is 6.54 Å². The van der Waals surface area contributed by atoms with Gasteiger partial charge in [0.2, 0.25) is 0 Å². The minimum atomic E-state index is -3.45. The van der Waals surface area contributed by atoms with E-state index in [0.717, 1.165) is 10.0 Å². The zero-order chi connectivity index (χ0) is 20.3. The van der Waals surface area contributed by atoms with Crippen LogP contribution in [-0.4, -0.2) is 61.9 Å². The van der Waals surface area contributed by atoms with Crippen LogP contribution in [0.25, 0.3) is 0 Å². The van der Waals surface area contributed by atoms with Crippen molar-refractivity contribution in [3.63, 3.8) is 0 Å². The van der Waals surface area contributed by atoms with Gasteiger partial charge in [-0.1, -0.05) is 34.1 Å². The monoisotopic (exact) mass is 467 g/mol. The van der Waals surface area contributed by atoms with Crippen LogP contribution < -0.4 is 0 Å². The summed E-state index contributed by atoms with van der Waals surface area (Å²) in [5.41, 5.74) is 1.16. The minimum Gasteiger partial charge on any atom is -0.452 e. The molecule has 2 aliphatic rings. The van der Waals surface area contributed by atoms with Crippen molar-refractivity contribution in [3.8, 4) is 0 Å². The van der Waals surface area contributed by atoms with Crippen molar-refractivity contribution in [1.82, 2.24) is 9.80 Å². The van der Waals surface area contributed by atoms with Crippen molar-refractivity contribution in [2.24, 2.45) is 4.40 Å². The molecule has 2 aliphatic heterocycles. The van der Waals surface area contributed by atoms with Crippen LogP contribution >= 0.6 is 15.9 Å². The van der Waals surface area contributed by atoms with E-state index in [1.165, 1.54) is 23.3 Å². The number of amides is 1. The third-order valence-corrected chi connectivity index (χ3v) is 6.11. The summed E-state index contributed by atoms with van der Waals surface area (Å²) in [6, 6.07) is 7.55. The molecule has 1 amide bonds. The number of nitrogens with zero attached hydrogens (tertiary/aromatic N) is 3. The Balaban J connectivity index is 1.56. The molecular formula is C18H18BrN3O5S. The van der Waals surface area contributed by atoms with Crippen LogP contribution in [0.2, 0.25) is 0 Å². The van der Waals surface area contributed by atoms with Crippen LogP contribution in [0.3, 0.4) is 0 Å². The summed E-state index contributed by atoms with van der Waals surface area (Å²) in [4.78, 5) is 27.5. The number of carbonyl (C=O) groups is 2. The van der Waals surface area contributed by atoms with Crippen molar-refractivity contribution in [3.05, 3.63) is 58.2 Å². The van der Waals surface area contributed by atoms with Gasteiger partial charge in [-0.25, -0.2) is 13.2 Å². The van der Waals surface area contributed by atoms with Gasteiger partial charge in [-0.3, -0.25) is 4.79 Å². The van der Waals surface area contributed by atoms with Gasteiger partial charge >= 0.3 is 5.97 Å². The second kappa shape index (κ2) is 8.27. The third-order valence-electron chi connectivity index (χ3n) is 4.18. The number of hydrogen-bond acceptors (Lipinski definition) is 6. The molecule has 0 saturated carbocycles. The maximum absolute atomic E-state index is 12.2. The number of halogens is 1. The molecule has 0 saturated heterocycles. The second-order valence-electron chi connectivity index (χ2n) is 6.26. The molecule has 0 N–H and O–H groups in total. The first kappa shape index (κ1) is 20.3. The molecule has 0 aliphatic carbocycles. The Morgan fingerprint density at radius 2 is 2.04 bits per heavy atom. The number of rotatable bonds is 5. The van der Waals surface area contributed by atoms with Crippen LogP contribution in [0.1, 0.15) is 5.56 Å². The fraction of sp³-hybridized carbons (Fsp3) is 0.278. The molecule has 0 bridgehead atoms.